The largest absolute Gasteiger partial charge is 0.347 e. The highest BCUT2D eigenvalue weighted by molar-refractivity contribution is 7.10. The molecule has 0 aromatic carbocycles. The van der Waals surface area contributed by atoms with Gasteiger partial charge in [0, 0.05) is 44.0 Å². The number of rotatable bonds is 2. The summed E-state index contributed by atoms with van der Waals surface area (Å²) in [5.74, 6) is -0.305. The van der Waals surface area contributed by atoms with E-state index in [4.69, 9.17) is 21.1 Å². The highest BCUT2D eigenvalue weighted by atomic mass is 35.5. The van der Waals surface area contributed by atoms with E-state index in [2.05, 4.69) is 14.5 Å². The Morgan fingerprint density at radius 1 is 1.29 bits per heavy atom. The summed E-state index contributed by atoms with van der Waals surface area (Å²) in [7, 11) is 0. The first-order valence-corrected chi connectivity index (χ1v) is 6.90. The van der Waals surface area contributed by atoms with Crippen LogP contribution in [-0.2, 0) is 16.0 Å². The van der Waals surface area contributed by atoms with Crippen molar-refractivity contribution >= 4 is 23.1 Å². The van der Waals surface area contributed by atoms with E-state index in [0.29, 0.717) is 4.34 Å². The Bertz CT molecular complexity index is 385. The Hall–Kier alpha value is -0.270. The van der Waals surface area contributed by atoms with Crippen molar-refractivity contribution in [3.8, 4) is 0 Å². The minimum atomic E-state index is -0.305. The molecule has 1 spiro atoms. The topological polar surface area (TPSA) is 47.5 Å². The molecule has 0 atom stereocenters. The van der Waals surface area contributed by atoms with E-state index < -0.39 is 0 Å². The van der Waals surface area contributed by atoms with Crippen LogP contribution < -0.4 is 0 Å². The van der Waals surface area contributed by atoms with E-state index in [-0.39, 0.29) is 5.79 Å². The van der Waals surface area contributed by atoms with E-state index in [9.17, 15) is 0 Å². The molecule has 1 aromatic heterocycles. The van der Waals surface area contributed by atoms with Gasteiger partial charge in [0.2, 0.25) is 0 Å². The second-order valence-corrected chi connectivity index (χ2v) is 5.73. The van der Waals surface area contributed by atoms with Gasteiger partial charge in [0.15, 0.2) is 5.79 Å². The molecule has 2 aliphatic heterocycles. The van der Waals surface area contributed by atoms with E-state index in [1.54, 1.807) is 0 Å². The lowest BCUT2D eigenvalue weighted by Crippen LogP contribution is -2.44. The van der Waals surface area contributed by atoms with Gasteiger partial charge in [-0.05, 0) is 0 Å². The molecule has 94 valence electrons. The van der Waals surface area contributed by atoms with Crippen molar-refractivity contribution in [1.82, 2.24) is 14.5 Å². The zero-order chi connectivity index (χ0) is 11.7. The maximum absolute atomic E-state index is 6.00. The zero-order valence-electron chi connectivity index (χ0n) is 9.39. The fourth-order valence-corrected chi connectivity index (χ4v) is 2.95. The van der Waals surface area contributed by atoms with Gasteiger partial charge in [-0.2, -0.15) is 0 Å². The number of hydrogen-bond acceptors (Lipinski definition) is 6. The van der Waals surface area contributed by atoms with Gasteiger partial charge >= 0.3 is 0 Å². The second kappa shape index (κ2) is 4.78. The van der Waals surface area contributed by atoms with Crippen molar-refractivity contribution in [2.45, 2.75) is 25.2 Å². The highest BCUT2D eigenvalue weighted by Crippen LogP contribution is 2.32. The van der Waals surface area contributed by atoms with Crippen molar-refractivity contribution in [2.75, 3.05) is 26.3 Å². The van der Waals surface area contributed by atoms with Crippen molar-refractivity contribution in [1.29, 1.82) is 0 Å². The second-order valence-electron chi connectivity index (χ2n) is 4.38. The van der Waals surface area contributed by atoms with Crippen LogP contribution in [0.1, 0.15) is 18.5 Å². The van der Waals surface area contributed by atoms with Crippen LogP contribution in [0.5, 0.6) is 0 Å². The minimum Gasteiger partial charge on any atom is -0.347 e. The van der Waals surface area contributed by atoms with Gasteiger partial charge in [-0.1, -0.05) is 16.1 Å². The fourth-order valence-electron chi connectivity index (χ4n) is 2.34. The Balaban J connectivity index is 1.56. The SMILES string of the molecule is Clc1snnc1CN1CCC2(CC1)OCCO2. The van der Waals surface area contributed by atoms with Crippen LogP contribution in [0.15, 0.2) is 0 Å². The molecule has 0 saturated carbocycles. The number of ether oxygens (including phenoxy) is 2. The monoisotopic (exact) mass is 275 g/mol. The van der Waals surface area contributed by atoms with E-state index in [1.807, 2.05) is 0 Å². The number of halogens is 1. The van der Waals surface area contributed by atoms with Crippen LogP contribution in [-0.4, -0.2) is 46.6 Å². The lowest BCUT2D eigenvalue weighted by Gasteiger charge is -2.37. The third-order valence-electron chi connectivity index (χ3n) is 3.31. The van der Waals surface area contributed by atoms with Crippen molar-refractivity contribution in [3.63, 3.8) is 0 Å². The van der Waals surface area contributed by atoms with Gasteiger partial charge in [0.1, 0.15) is 10.0 Å². The molecule has 2 fully saturated rings. The summed E-state index contributed by atoms with van der Waals surface area (Å²) in [5, 5.41) is 4.03. The van der Waals surface area contributed by atoms with Crippen molar-refractivity contribution in [3.05, 3.63) is 10.0 Å². The van der Waals surface area contributed by atoms with Crippen LogP contribution >= 0.6 is 23.1 Å². The molecule has 2 aliphatic rings. The molecule has 3 rings (SSSR count). The molecular formula is C10H14ClN3O2S. The normalized spacial score (nSPS) is 24.5. The molecule has 0 radical (unpaired) electrons. The smallest absolute Gasteiger partial charge is 0.170 e. The van der Waals surface area contributed by atoms with Crippen LogP contribution in [0, 0.1) is 0 Å². The van der Waals surface area contributed by atoms with Crippen LogP contribution in [0.3, 0.4) is 0 Å². The molecule has 0 aliphatic carbocycles. The quantitative estimate of drug-likeness (QED) is 0.819. The molecule has 7 heteroatoms. The molecule has 2 saturated heterocycles. The Labute approximate surface area is 109 Å². The maximum atomic E-state index is 6.00. The van der Waals surface area contributed by atoms with Gasteiger partial charge in [-0.25, -0.2) is 0 Å². The minimum absolute atomic E-state index is 0.305. The molecule has 17 heavy (non-hydrogen) atoms. The van der Waals surface area contributed by atoms with E-state index in [0.717, 1.165) is 51.4 Å². The molecule has 0 N–H and O–H groups in total. The molecule has 3 heterocycles. The molecule has 1 aromatic rings. The third kappa shape index (κ3) is 2.46. The Morgan fingerprint density at radius 3 is 2.59 bits per heavy atom. The van der Waals surface area contributed by atoms with E-state index in [1.165, 1.54) is 11.5 Å². The van der Waals surface area contributed by atoms with E-state index >= 15 is 0 Å². The highest BCUT2D eigenvalue weighted by Gasteiger charge is 2.39. The molecular weight excluding hydrogens is 262 g/mol. The zero-order valence-corrected chi connectivity index (χ0v) is 11.0. The number of hydrogen-bond donors (Lipinski definition) is 0. The first-order chi connectivity index (χ1) is 8.27. The lowest BCUT2D eigenvalue weighted by atomic mass is 10.0. The number of aromatic nitrogens is 2. The number of likely N-dealkylation sites (tertiary alicyclic amines) is 1. The van der Waals surface area contributed by atoms with Crippen LogP contribution in [0.2, 0.25) is 4.34 Å². The van der Waals surface area contributed by atoms with Gasteiger partial charge < -0.3 is 9.47 Å². The van der Waals surface area contributed by atoms with Crippen LogP contribution in [0.4, 0.5) is 0 Å². The van der Waals surface area contributed by atoms with Crippen LogP contribution in [0.25, 0.3) is 0 Å². The van der Waals surface area contributed by atoms with Gasteiger partial charge in [0.05, 0.1) is 13.2 Å². The van der Waals surface area contributed by atoms with Crippen molar-refractivity contribution < 1.29 is 9.47 Å². The third-order valence-corrected chi connectivity index (χ3v) is 4.30. The van der Waals surface area contributed by atoms with Gasteiger partial charge in [-0.3, -0.25) is 4.90 Å². The summed E-state index contributed by atoms with van der Waals surface area (Å²) in [6.07, 6.45) is 1.84. The van der Waals surface area contributed by atoms with Gasteiger partial charge in [0.25, 0.3) is 0 Å². The predicted molar refractivity (Wildman–Crippen MR) is 64.1 cm³/mol. The molecule has 5 nitrogen and oxygen atoms in total. The summed E-state index contributed by atoms with van der Waals surface area (Å²) in [4.78, 5) is 2.32. The summed E-state index contributed by atoms with van der Waals surface area (Å²) in [6, 6.07) is 0. The summed E-state index contributed by atoms with van der Waals surface area (Å²) >= 11 is 7.24. The average molecular weight is 276 g/mol. The molecule has 0 unspecified atom stereocenters. The molecule has 0 bridgehead atoms. The first kappa shape index (κ1) is 11.8. The van der Waals surface area contributed by atoms with Gasteiger partial charge in [-0.15, -0.1) is 5.10 Å². The first-order valence-electron chi connectivity index (χ1n) is 5.74. The van der Waals surface area contributed by atoms with Crippen molar-refractivity contribution in [2.24, 2.45) is 0 Å². The summed E-state index contributed by atoms with van der Waals surface area (Å²) in [5.41, 5.74) is 0.876. The molecule has 0 amide bonds. The summed E-state index contributed by atoms with van der Waals surface area (Å²) in [6.45, 7) is 4.12. The Kier molecular flexibility index (Phi) is 3.32. The maximum Gasteiger partial charge on any atom is 0.170 e. The number of piperidine rings is 1. The predicted octanol–water partition coefficient (Wildman–Crippen LogP) is 1.53. The lowest BCUT2D eigenvalue weighted by molar-refractivity contribution is -0.185. The number of nitrogens with zero attached hydrogens (tertiary/aromatic N) is 3. The summed E-state index contributed by atoms with van der Waals surface area (Å²) < 4.78 is 15.9. The Morgan fingerprint density at radius 2 is 2.00 bits per heavy atom. The standard InChI is InChI=1S/C10H14ClN3O2S/c11-9-8(12-13-17-9)7-14-3-1-10(2-4-14)15-5-6-16-10/h1-7H2. The average Bonchev–Trinajstić information content (AvgIpc) is 2.94. The fraction of sp³-hybridized carbons (Fsp3) is 0.800.